The summed E-state index contributed by atoms with van der Waals surface area (Å²) in [5.74, 6) is -1.43. The molecule has 0 radical (unpaired) electrons. The van der Waals surface area contributed by atoms with Crippen LogP contribution in [0, 0.1) is 10.1 Å². The maximum atomic E-state index is 12.5. The van der Waals surface area contributed by atoms with Gasteiger partial charge in [0.2, 0.25) is 5.75 Å². The number of benzene rings is 2. The summed E-state index contributed by atoms with van der Waals surface area (Å²) in [5, 5.41) is 20.7. The Hall–Kier alpha value is -2.89. The zero-order valence-electron chi connectivity index (χ0n) is 12.1. The number of carbonyl (C=O) groups excluding carboxylic acids is 1. The maximum Gasteiger partial charge on any atom is 0.315 e. The van der Waals surface area contributed by atoms with Gasteiger partial charge in [0.1, 0.15) is 0 Å². The number of carbonyl (C=O) groups is 1. The number of phenolic OH excluding ortho intramolecular Hbond substituents is 1. The average molecular weight is 301 g/mol. The molecule has 0 aromatic heterocycles. The normalized spacial score (nSPS) is 11.7. The molecule has 6 nitrogen and oxygen atoms in total. The number of hydrogen-bond acceptors (Lipinski definition) is 5. The quantitative estimate of drug-likeness (QED) is 0.520. The molecule has 0 bridgehead atoms. The Morgan fingerprint density at radius 3 is 2.45 bits per heavy atom. The van der Waals surface area contributed by atoms with Crippen molar-refractivity contribution in [2.75, 3.05) is 7.11 Å². The highest BCUT2D eigenvalue weighted by molar-refractivity contribution is 6.02. The maximum absolute atomic E-state index is 12.5. The fraction of sp³-hybridized carbons (Fsp3) is 0.188. The molecule has 0 fully saturated rings. The van der Waals surface area contributed by atoms with Gasteiger partial charge in [-0.2, -0.15) is 0 Å². The Morgan fingerprint density at radius 1 is 1.27 bits per heavy atom. The number of methoxy groups -OCH3 is 1. The van der Waals surface area contributed by atoms with E-state index in [0.29, 0.717) is 0 Å². The summed E-state index contributed by atoms with van der Waals surface area (Å²) in [5.41, 5.74) is 0.378. The second-order valence-electron chi connectivity index (χ2n) is 4.80. The van der Waals surface area contributed by atoms with E-state index in [1.54, 1.807) is 6.92 Å². The molecule has 114 valence electrons. The van der Waals surface area contributed by atoms with Gasteiger partial charge in [-0.25, -0.2) is 0 Å². The van der Waals surface area contributed by atoms with E-state index in [2.05, 4.69) is 0 Å². The molecule has 2 rings (SSSR count). The molecule has 6 heteroatoms. The lowest BCUT2D eigenvalue weighted by Gasteiger charge is -2.12. The largest absolute Gasteiger partial charge is 0.500 e. The highest BCUT2D eigenvalue weighted by Crippen LogP contribution is 2.38. The first-order valence-electron chi connectivity index (χ1n) is 6.60. The zero-order chi connectivity index (χ0) is 16.3. The topological polar surface area (TPSA) is 89.7 Å². The van der Waals surface area contributed by atoms with Crippen molar-refractivity contribution >= 4 is 11.5 Å². The Morgan fingerprint density at radius 2 is 1.91 bits per heavy atom. The fourth-order valence-corrected chi connectivity index (χ4v) is 2.17. The molecule has 1 N–H and O–H groups in total. The van der Waals surface area contributed by atoms with Gasteiger partial charge in [0.25, 0.3) is 0 Å². The first kappa shape index (κ1) is 15.5. The van der Waals surface area contributed by atoms with E-state index in [1.165, 1.54) is 13.2 Å². The van der Waals surface area contributed by atoms with Gasteiger partial charge in [-0.15, -0.1) is 0 Å². The lowest BCUT2D eigenvalue weighted by Crippen LogP contribution is -2.10. The minimum absolute atomic E-state index is 0.0992. The molecule has 2 aromatic carbocycles. The number of aromatic hydroxyl groups is 1. The van der Waals surface area contributed by atoms with Crippen molar-refractivity contribution < 1.29 is 19.6 Å². The molecular formula is C16H15NO5. The van der Waals surface area contributed by atoms with E-state index < -0.39 is 22.3 Å². The van der Waals surface area contributed by atoms with E-state index in [0.717, 1.165) is 11.6 Å². The van der Waals surface area contributed by atoms with Crippen LogP contribution in [0.25, 0.3) is 0 Å². The van der Waals surface area contributed by atoms with E-state index >= 15 is 0 Å². The van der Waals surface area contributed by atoms with Gasteiger partial charge in [0.15, 0.2) is 11.5 Å². The molecule has 1 unspecified atom stereocenters. The van der Waals surface area contributed by atoms with Gasteiger partial charge < -0.3 is 9.84 Å². The number of nitro groups is 1. The van der Waals surface area contributed by atoms with E-state index in [9.17, 15) is 20.0 Å². The Balaban J connectivity index is 2.46. The van der Waals surface area contributed by atoms with Crippen molar-refractivity contribution in [2.45, 2.75) is 12.8 Å². The highest BCUT2D eigenvalue weighted by atomic mass is 16.6. The van der Waals surface area contributed by atoms with Crippen molar-refractivity contribution in [3.8, 4) is 11.5 Å². The SMILES string of the molecule is COc1cc(C(=O)C(C)c2ccccc2)cc([N+](=O)[O-])c1O. The Labute approximate surface area is 127 Å². The molecule has 1 atom stereocenters. The van der Waals surface area contributed by atoms with Crippen LogP contribution in [0.1, 0.15) is 28.8 Å². The minimum atomic E-state index is -0.748. The number of rotatable bonds is 5. The standard InChI is InChI=1S/C16H15NO5/c1-10(11-6-4-3-5-7-11)15(18)12-8-13(17(20)21)16(19)14(9-12)22-2/h3-10,19H,1-2H3. The van der Waals surface area contributed by atoms with Crippen molar-refractivity contribution in [2.24, 2.45) is 0 Å². The average Bonchev–Trinajstić information content (AvgIpc) is 2.54. The monoisotopic (exact) mass is 301 g/mol. The van der Waals surface area contributed by atoms with Crippen molar-refractivity contribution in [3.05, 3.63) is 63.7 Å². The predicted molar refractivity (Wildman–Crippen MR) is 80.5 cm³/mol. The van der Waals surface area contributed by atoms with Crippen LogP contribution in [0.4, 0.5) is 5.69 Å². The zero-order valence-corrected chi connectivity index (χ0v) is 12.1. The summed E-state index contributed by atoms with van der Waals surface area (Å²) < 4.78 is 4.91. The van der Waals surface area contributed by atoms with Gasteiger partial charge in [0.05, 0.1) is 12.0 Å². The van der Waals surface area contributed by atoms with Crippen molar-refractivity contribution in [1.82, 2.24) is 0 Å². The van der Waals surface area contributed by atoms with E-state index in [-0.39, 0.29) is 17.1 Å². The number of phenols is 1. The third-order valence-corrected chi connectivity index (χ3v) is 3.45. The molecule has 2 aromatic rings. The second kappa shape index (κ2) is 6.26. The second-order valence-corrected chi connectivity index (χ2v) is 4.80. The van der Waals surface area contributed by atoms with E-state index in [4.69, 9.17) is 4.74 Å². The van der Waals surface area contributed by atoms with E-state index in [1.807, 2.05) is 30.3 Å². The number of hydrogen-bond donors (Lipinski definition) is 1. The molecule has 22 heavy (non-hydrogen) atoms. The van der Waals surface area contributed by atoms with Crippen LogP contribution >= 0.6 is 0 Å². The lowest BCUT2D eigenvalue weighted by molar-refractivity contribution is -0.386. The van der Waals surface area contributed by atoms with Crippen LogP contribution in [0.5, 0.6) is 11.5 Å². The van der Waals surface area contributed by atoms with Crippen molar-refractivity contribution in [3.63, 3.8) is 0 Å². The highest BCUT2D eigenvalue weighted by Gasteiger charge is 2.25. The number of ether oxygens (including phenoxy) is 1. The molecule has 0 saturated heterocycles. The van der Waals surface area contributed by atoms with Crippen molar-refractivity contribution in [1.29, 1.82) is 0 Å². The summed E-state index contributed by atoms with van der Waals surface area (Å²) >= 11 is 0. The molecule has 0 aliphatic rings. The summed E-state index contributed by atoms with van der Waals surface area (Å²) in [6.45, 7) is 1.73. The summed E-state index contributed by atoms with van der Waals surface area (Å²) in [7, 11) is 1.27. The van der Waals surface area contributed by atoms with Crippen LogP contribution in [0.2, 0.25) is 0 Å². The summed E-state index contributed by atoms with van der Waals surface area (Å²) in [4.78, 5) is 22.8. The molecular weight excluding hydrogens is 286 g/mol. The van der Waals surface area contributed by atoms with Gasteiger partial charge in [-0.05, 0) is 11.6 Å². The fourth-order valence-electron chi connectivity index (χ4n) is 2.17. The first-order chi connectivity index (χ1) is 10.5. The van der Waals surface area contributed by atoms with Crippen LogP contribution in [-0.4, -0.2) is 22.9 Å². The summed E-state index contributed by atoms with van der Waals surface area (Å²) in [6, 6.07) is 11.5. The summed E-state index contributed by atoms with van der Waals surface area (Å²) in [6.07, 6.45) is 0. The molecule has 0 amide bonds. The third kappa shape index (κ3) is 2.90. The molecule has 0 heterocycles. The molecule has 0 aliphatic carbocycles. The number of ketones is 1. The lowest BCUT2D eigenvalue weighted by atomic mass is 9.92. The van der Waals surface area contributed by atoms with Gasteiger partial charge >= 0.3 is 5.69 Å². The number of nitro benzene ring substituents is 1. The molecule has 0 spiro atoms. The first-order valence-corrected chi connectivity index (χ1v) is 6.60. The van der Waals surface area contributed by atoms with Crippen LogP contribution in [0.3, 0.4) is 0 Å². The van der Waals surface area contributed by atoms with Crippen LogP contribution in [-0.2, 0) is 0 Å². The van der Waals surface area contributed by atoms with Crippen LogP contribution in [0.15, 0.2) is 42.5 Å². The van der Waals surface area contributed by atoms with Gasteiger partial charge in [-0.3, -0.25) is 14.9 Å². The van der Waals surface area contributed by atoms with Gasteiger partial charge in [0, 0.05) is 17.5 Å². The number of Topliss-reactive ketones (excluding diaryl/α,β-unsaturated/α-hetero) is 1. The Kier molecular flexibility index (Phi) is 4.41. The Bertz CT molecular complexity index is 712. The number of nitrogens with zero attached hydrogens (tertiary/aromatic N) is 1. The van der Waals surface area contributed by atoms with Crippen LogP contribution < -0.4 is 4.74 Å². The smallest absolute Gasteiger partial charge is 0.315 e. The minimum Gasteiger partial charge on any atom is -0.500 e. The molecule has 0 aliphatic heterocycles. The molecule has 0 saturated carbocycles. The van der Waals surface area contributed by atoms with Gasteiger partial charge in [-0.1, -0.05) is 37.3 Å². The third-order valence-electron chi connectivity index (χ3n) is 3.45. The predicted octanol–water partition coefficient (Wildman–Crippen LogP) is 3.30.